The predicted molar refractivity (Wildman–Crippen MR) is 105 cm³/mol. The molecule has 144 valence electrons. The summed E-state index contributed by atoms with van der Waals surface area (Å²) in [5.74, 6) is 1.29. The molecule has 1 aliphatic heterocycles. The summed E-state index contributed by atoms with van der Waals surface area (Å²) >= 11 is 5.85. The predicted octanol–water partition coefficient (Wildman–Crippen LogP) is 3.59. The van der Waals surface area contributed by atoms with Crippen LogP contribution in [-0.2, 0) is 14.9 Å². The van der Waals surface area contributed by atoms with E-state index in [-0.39, 0.29) is 17.9 Å². The third-order valence-electron chi connectivity index (χ3n) is 4.96. The van der Waals surface area contributed by atoms with Gasteiger partial charge in [-0.25, -0.2) is 0 Å². The smallest absolute Gasteiger partial charge is 0.257 e. The molecule has 1 saturated heterocycles. The molecular weight excluding hydrogens is 366 g/mol. The molecule has 0 unspecified atom stereocenters. The Kier molecular flexibility index (Phi) is 6.58. The average Bonchev–Trinajstić information content (AvgIpc) is 2.72. The van der Waals surface area contributed by atoms with Crippen molar-refractivity contribution in [3.8, 4) is 11.5 Å². The van der Waals surface area contributed by atoms with Crippen LogP contribution in [0.15, 0.2) is 48.5 Å². The summed E-state index contributed by atoms with van der Waals surface area (Å²) in [6.45, 7) is 1.88. The van der Waals surface area contributed by atoms with Gasteiger partial charge < -0.3 is 19.5 Å². The lowest BCUT2D eigenvalue weighted by atomic mass is 9.74. The quantitative estimate of drug-likeness (QED) is 0.786. The number of ether oxygens (including phenoxy) is 3. The summed E-state index contributed by atoms with van der Waals surface area (Å²) in [5.41, 5.74) is 1.05. The number of carbonyl (C=O) groups is 1. The summed E-state index contributed by atoms with van der Waals surface area (Å²) in [6.07, 6.45) is 1.72. The van der Waals surface area contributed by atoms with Crippen LogP contribution >= 0.6 is 11.6 Å². The zero-order chi connectivity index (χ0) is 19.1. The largest absolute Gasteiger partial charge is 0.497 e. The van der Waals surface area contributed by atoms with Crippen LogP contribution in [0.25, 0.3) is 0 Å². The Morgan fingerprint density at radius 3 is 2.33 bits per heavy atom. The van der Waals surface area contributed by atoms with Crippen LogP contribution in [0.1, 0.15) is 18.4 Å². The highest BCUT2D eigenvalue weighted by Crippen LogP contribution is 2.35. The molecule has 1 fully saturated rings. The highest BCUT2D eigenvalue weighted by Gasteiger charge is 2.34. The van der Waals surface area contributed by atoms with E-state index in [1.54, 1.807) is 31.4 Å². The fraction of sp³-hybridized carbons (Fsp3) is 0.381. The molecule has 1 aliphatic rings. The second-order valence-corrected chi connectivity index (χ2v) is 7.08. The molecular formula is C21H24ClNO4. The highest BCUT2D eigenvalue weighted by atomic mass is 35.5. The second-order valence-electron chi connectivity index (χ2n) is 6.64. The van der Waals surface area contributed by atoms with E-state index in [0.717, 1.165) is 18.6 Å². The van der Waals surface area contributed by atoms with Crippen LogP contribution in [0.2, 0.25) is 5.02 Å². The number of nitrogens with one attached hydrogen (secondary N) is 1. The maximum Gasteiger partial charge on any atom is 0.257 e. The van der Waals surface area contributed by atoms with Gasteiger partial charge in [-0.2, -0.15) is 0 Å². The first-order chi connectivity index (χ1) is 13.1. The maximum atomic E-state index is 12.3. The van der Waals surface area contributed by atoms with E-state index in [0.29, 0.717) is 30.5 Å². The Labute approximate surface area is 164 Å². The van der Waals surface area contributed by atoms with Crippen molar-refractivity contribution in [1.82, 2.24) is 5.32 Å². The van der Waals surface area contributed by atoms with E-state index < -0.39 is 0 Å². The minimum absolute atomic E-state index is 0.0309. The van der Waals surface area contributed by atoms with Gasteiger partial charge in [-0.05, 0) is 54.8 Å². The molecule has 2 aromatic rings. The maximum absolute atomic E-state index is 12.3. The molecule has 1 N–H and O–H groups in total. The third-order valence-corrected chi connectivity index (χ3v) is 5.21. The van der Waals surface area contributed by atoms with E-state index in [4.69, 9.17) is 25.8 Å². The highest BCUT2D eigenvalue weighted by molar-refractivity contribution is 6.30. The van der Waals surface area contributed by atoms with Gasteiger partial charge in [0.1, 0.15) is 11.5 Å². The molecule has 0 saturated carbocycles. The number of carbonyl (C=O) groups excluding carboxylic acids is 1. The second kappa shape index (κ2) is 9.11. The fourth-order valence-corrected chi connectivity index (χ4v) is 3.40. The van der Waals surface area contributed by atoms with E-state index in [1.807, 2.05) is 12.1 Å². The van der Waals surface area contributed by atoms with Crippen molar-refractivity contribution in [2.75, 3.05) is 33.5 Å². The van der Waals surface area contributed by atoms with Crippen molar-refractivity contribution in [3.05, 3.63) is 59.1 Å². The van der Waals surface area contributed by atoms with Crippen LogP contribution in [0, 0.1) is 0 Å². The van der Waals surface area contributed by atoms with Crippen molar-refractivity contribution < 1.29 is 19.0 Å². The number of amides is 1. The lowest BCUT2D eigenvalue weighted by Crippen LogP contribution is -2.45. The van der Waals surface area contributed by atoms with Gasteiger partial charge in [0.05, 0.1) is 7.11 Å². The topological polar surface area (TPSA) is 56.8 Å². The molecule has 27 heavy (non-hydrogen) atoms. The Balaban J connectivity index is 1.60. The van der Waals surface area contributed by atoms with E-state index in [9.17, 15) is 4.79 Å². The number of methoxy groups -OCH3 is 1. The van der Waals surface area contributed by atoms with Gasteiger partial charge in [0.2, 0.25) is 0 Å². The molecule has 6 heteroatoms. The molecule has 1 heterocycles. The molecule has 0 aromatic heterocycles. The Morgan fingerprint density at radius 1 is 1.07 bits per heavy atom. The molecule has 0 atom stereocenters. The zero-order valence-electron chi connectivity index (χ0n) is 15.4. The summed E-state index contributed by atoms with van der Waals surface area (Å²) < 4.78 is 16.3. The molecule has 3 rings (SSSR count). The van der Waals surface area contributed by atoms with Crippen LogP contribution < -0.4 is 14.8 Å². The molecule has 1 amide bonds. The summed E-state index contributed by atoms with van der Waals surface area (Å²) in [4.78, 5) is 12.3. The van der Waals surface area contributed by atoms with E-state index in [1.165, 1.54) is 5.56 Å². The van der Waals surface area contributed by atoms with Crippen LogP contribution in [0.3, 0.4) is 0 Å². The first-order valence-corrected chi connectivity index (χ1v) is 9.36. The van der Waals surface area contributed by atoms with E-state index >= 15 is 0 Å². The molecule has 2 aromatic carbocycles. The molecule has 5 nitrogen and oxygen atoms in total. The van der Waals surface area contributed by atoms with Gasteiger partial charge in [-0.15, -0.1) is 0 Å². The van der Waals surface area contributed by atoms with Gasteiger partial charge in [-0.1, -0.05) is 23.7 Å². The number of hydrogen-bond donors (Lipinski definition) is 1. The normalized spacial score (nSPS) is 15.8. The van der Waals surface area contributed by atoms with Crippen LogP contribution in [-0.4, -0.2) is 39.4 Å². The monoisotopic (exact) mass is 389 g/mol. The van der Waals surface area contributed by atoms with Gasteiger partial charge in [-0.3, -0.25) is 4.79 Å². The van der Waals surface area contributed by atoms with Crippen molar-refractivity contribution >= 4 is 17.5 Å². The lowest BCUT2D eigenvalue weighted by molar-refractivity contribution is -0.123. The number of hydrogen-bond acceptors (Lipinski definition) is 4. The molecule has 0 aliphatic carbocycles. The molecule has 0 bridgehead atoms. The Morgan fingerprint density at radius 2 is 1.70 bits per heavy atom. The summed E-state index contributed by atoms with van der Waals surface area (Å²) in [6, 6.07) is 15.0. The fourth-order valence-electron chi connectivity index (χ4n) is 3.27. The standard InChI is InChI=1S/C21H24ClNO4/c1-25-18-6-2-16(3-7-18)21(10-12-26-13-11-21)15-23-20(24)14-27-19-8-4-17(22)5-9-19/h2-9H,10-15H2,1H3,(H,23,24). The first kappa shape index (κ1) is 19.5. The van der Waals surface area contributed by atoms with Gasteiger partial charge in [0, 0.05) is 30.2 Å². The van der Waals surface area contributed by atoms with Crippen LogP contribution in [0.4, 0.5) is 0 Å². The van der Waals surface area contributed by atoms with Gasteiger partial charge in [0.25, 0.3) is 5.91 Å². The Hall–Kier alpha value is -2.24. The third kappa shape index (κ3) is 5.15. The van der Waals surface area contributed by atoms with Crippen LogP contribution in [0.5, 0.6) is 11.5 Å². The zero-order valence-corrected chi connectivity index (χ0v) is 16.1. The van der Waals surface area contributed by atoms with Gasteiger partial charge >= 0.3 is 0 Å². The van der Waals surface area contributed by atoms with Crippen molar-refractivity contribution in [3.63, 3.8) is 0 Å². The number of benzene rings is 2. The van der Waals surface area contributed by atoms with Gasteiger partial charge in [0.15, 0.2) is 6.61 Å². The van der Waals surface area contributed by atoms with Crippen molar-refractivity contribution in [1.29, 1.82) is 0 Å². The first-order valence-electron chi connectivity index (χ1n) is 8.99. The number of rotatable bonds is 7. The summed E-state index contributed by atoms with van der Waals surface area (Å²) in [7, 11) is 1.65. The molecule has 0 spiro atoms. The minimum atomic E-state index is -0.149. The van der Waals surface area contributed by atoms with E-state index in [2.05, 4.69) is 17.4 Å². The minimum Gasteiger partial charge on any atom is -0.497 e. The SMILES string of the molecule is COc1ccc(C2(CNC(=O)COc3ccc(Cl)cc3)CCOCC2)cc1. The lowest BCUT2D eigenvalue weighted by Gasteiger charge is -2.38. The Bertz CT molecular complexity index is 740. The van der Waals surface area contributed by atoms with Crippen molar-refractivity contribution in [2.24, 2.45) is 0 Å². The average molecular weight is 390 g/mol. The molecule has 0 radical (unpaired) electrons. The van der Waals surface area contributed by atoms with Crippen molar-refractivity contribution in [2.45, 2.75) is 18.3 Å². The number of halogens is 1. The summed E-state index contributed by atoms with van der Waals surface area (Å²) in [5, 5.41) is 3.66.